The normalized spacial score (nSPS) is 18.1. The number of nitrogens with zero attached hydrogens (tertiary/aromatic N) is 2. The zero-order valence-corrected chi connectivity index (χ0v) is 18.5. The summed E-state index contributed by atoms with van der Waals surface area (Å²) in [5.41, 5.74) is 10.4. The van der Waals surface area contributed by atoms with Crippen molar-refractivity contribution in [1.29, 1.82) is 5.26 Å². The summed E-state index contributed by atoms with van der Waals surface area (Å²) in [6, 6.07) is 17.7. The Kier molecular flexibility index (Phi) is 5.10. The number of hydrogen-bond acceptors (Lipinski definition) is 6. The summed E-state index contributed by atoms with van der Waals surface area (Å²) >= 11 is 0. The van der Waals surface area contributed by atoms with Crippen molar-refractivity contribution >= 4 is 16.7 Å². The van der Waals surface area contributed by atoms with Gasteiger partial charge in [-0.1, -0.05) is 29.3 Å². The molecule has 33 heavy (non-hydrogen) atoms. The number of allylic oxidation sites excluding steroid dienone is 3. The Morgan fingerprint density at radius 2 is 1.85 bits per heavy atom. The molecule has 0 spiro atoms. The second-order valence-corrected chi connectivity index (χ2v) is 8.53. The number of carbonyl (C=O) groups excluding carboxylic acids is 1. The summed E-state index contributed by atoms with van der Waals surface area (Å²) in [4.78, 5) is 17.8. The Morgan fingerprint density at radius 1 is 1.09 bits per heavy atom. The predicted molar refractivity (Wildman–Crippen MR) is 124 cm³/mol. The van der Waals surface area contributed by atoms with E-state index in [2.05, 4.69) is 6.07 Å². The minimum absolute atomic E-state index is 0.0292. The van der Waals surface area contributed by atoms with Crippen molar-refractivity contribution in [3.63, 3.8) is 0 Å². The molecule has 6 nitrogen and oxygen atoms in total. The van der Waals surface area contributed by atoms with Crippen molar-refractivity contribution in [2.24, 2.45) is 5.73 Å². The lowest BCUT2D eigenvalue weighted by Gasteiger charge is -2.31. The fourth-order valence-corrected chi connectivity index (χ4v) is 4.47. The van der Waals surface area contributed by atoms with E-state index in [1.807, 2.05) is 62.4 Å². The first-order chi connectivity index (χ1) is 15.9. The van der Waals surface area contributed by atoms with Gasteiger partial charge < -0.3 is 15.2 Å². The number of rotatable bonds is 3. The lowest BCUT2D eigenvalue weighted by molar-refractivity contribution is -0.116. The predicted octanol–water partition coefficient (Wildman–Crippen LogP) is 5.46. The molecule has 1 atom stereocenters. The van der Waals surface area contributed by atoms with Gasteiger partial charge in [-0.3, -0.25) is 4.79 Å². The highest BCUT2D eigenvalue weighted by molar-refractivity contribution is 6.00. The third-order valence-electron chi connectivity index (χ3n) is 6.11. The van der Waals surface area contributed by atoms with Crippen LogP contribution in [0.4, 0.5) is 0 Å². The number of nitriles is 1. The molecule has 1 aliphatic carbocycles. The van der Waals surface area contributed by atoms with Crippen molar-refractivity contribution in [1.82, 2.24) is 4.98 Å². The van der Waals surface area contributed by atoms with Crippen molar-refractivity contribution in [3.8, 4) is 17.7 Å². The van der Waals surface area contributed by atoms with E-state index in [4.69, 9.17) is 20.2 Å². The molecule has 2 heterocycles. The number of hydrogen-bond donors (Lipinski definition) is 1. The topological polar surface area (TPSA) is 98.2 Å². The van der Waals surface area contributed by atoms with E-state index in [0.29, 0.717) is 47.8 Å². The Balaban J connectivity index is 1.76. The Labute approximate surface area is 191 Å². The molecule has 6 heteroatoms. The average molecular weight is 437 g/mol. The number of carbonyl (C=O) groups is 1. The second-order valence-electron chi connectivity index (χ2n) is 8.53. The molecule has 3 aromatic rings. The van der Waals surface area contributed by atoms with Gasteiger partial charge in [0.05, 0.1) is 11.4 Å². The molecule has 1 unspecified atom stereocenters. The number of aryl methyl sites for hydroxylation is 2. The molecule has 2 aromatic carbocycles. The van der Waals surface area contributed by atoms with Crippen LogP contribution in [0.25, 0.3) is 10.9 Å². The summed E-state index contributed by atoms with van der Waals surface area (Å²) in [5, 5.41) is 10.9. The van der Waals surface area contributed by atoms with Gasteiger partial charge in [0.1, 0.15) is 23.2 Å². The number of ether oxygens (including phenoxy) is 2. The van der Waals surface area contributed by atoms with Crippen molar-refractivity contribution in [2.45, 2.75) is 39.0 Å². The van der Waals surface area contributed by atoms with E-state index < -0.39 is 5.92 Å². The van der Waals surface area contributed by atoms with Crippen molar-refractivity contribution in [3.05, 3.63) is 88.0 Å². The quantitative estimate of drug-likeness (QED) is 0.584. The number of ketones is 1. The molecule has 0 fully saturated rings. The van der Waals surface area contributed by atoms with E-state index >= 15 is 0 Å². The molecule has 0 amide bonds. The lowest BCUT2D eigenvalue weighted by atomic mass is 9.77. The first-order valence-electron chi connectivity index (χ1n) is 10.9. The first-order valence-corrected chi connectivity index (χ1v) is 10.9. The molecule has 5 rings (SSSR count). The van der Waals surface area contributed by atoms with Crippen LogP contribution in [0, 0.1) is 25.2 Å². The summed E-state index contributed by atoms with van der Waals surface area (Å²) in [6.07, 6.45) is 1.71. The second kappa shape index (κ2) is 8.10. The van der Waals surface area contributed by atoms with Gasteiger partial charge in [-0.2, -0.15) is 5.26 Å². The van der Waals surface area contributed by atoms with Gasteiger partial charge in [-0.15, -0.1) is 0 Å². The number of Topliss-reactive ketones (excluding diaryl/α,β-unsaturated/α-hetero) is 1. The van der Waals surface area contributed by atoms with Crippen LogP contribution < -0.4 is 10.5 Å². The highest BCUT2D eigenvalue weighted by Gasteiger charge is 2.40. The maximum absolute atomic E-state index is 13.0. The Hall–Kier alpha value is -4.11. The van der Waals surface area contributed by atoms with Crippen LogP contribution >= 0.6 is 0 Å². The zero-order chi connectivity index (χ0) is 23.1. The Bertz CT molecular complexity index is 1390. The molecule has 1 aliphatic heterocycles. The van der Waals surface area contributed by atoms with Gasteiger partial charge >= 0.3 is 0 Å². The average Bonchev–Trinajstić information content (AvgIpc) is 2.79. The third kappa shape index (κ3) is 3.72. The molecule has 2 N–H and O–H groups in total. The number of fused-ring (bicyclic) bond motifs is 1. The number of aromatic nitrogens is 1. The van der Waals surface area contributed by atoms with Gasteiger partial charge in [-0.25, -0.2) is 4.98 Å². The van der Waals surface area contributed by atoms with E-state index in [1.165, 1.54) is 0 Å². The SMILES string of the molecule is Cc1ccc(Oc2nc3ccc(C)cc3cc2C2C(C#N)=C(N)OC3=C2C(=O)CCC3)cc1. The fraction of sp³-hybridized carbons (Fsp3) is 0.222. The molecule has 0 bridgehead atoms. The zero-order valence-electron chi connectivity index (χ0n) is 18.5. The molecular weight excluding hydrogens is 414 g/mol. The van der Waals surface area contributed by atoms with Crippen LogP contribution in [0.5, 0.6) is 11.6 Å². The maximum Gasteiger partial charge on any atom is 0.224 e. The van der Waals surface area contributed by atoms with Gasteiger partial charge in [0.15, 0.2) is 5.78 Å². The molecule has 1 aromatic heterocycles. The summed E-state index contributed by atoms with van der Waals surface area (Å²) < 4.78 is 12.0. The van der Waals surface area contributed by atoms with Gasteiger partial charge in [0.25, 0.3) is 0 Å². The number of benzene rings is 2. The van der Waals surface area contributed by atoms with Crippen LogP contribution in [-0.2, 0) is 9.53 Å². The van der Waals surface area contributed by atoms with Crippen LogP contribution in [-0.4, -0.2) is 10.8 Å². The monoisotopic (exact) mass is 437 g/mol. The lowest BCUT2D eigenvalue weighted by Crippen LogP contribution is -2.27. The number of nitrogens with two attached hydrogens (primary N) is 1. The van der Waals surface area contributed by atoms with E-state index in [9.17, 15) is 10.1 Å². The maximum atomic E-state index is 13.0. The van der Waals surface area contributed by atoms with E-state index in [1.54, 1.807) is 0 Å². The first kappa shape index (κ1) is 20.8. The van der Waals surface area contributed by atoms with Gasteiger partial charge in [-0.05, 0) is 50.6 Å². The summed E-state index contributed by atoms with van der Waals surface area (Å²) in [7, 11) is 0. The van der Waals surface area contributed by atoms with Gasteiger partial charge in [0.2, 0.25) is 11.8 Å². The third-order valence-corrected chi connectivity index (χ3v) is 6.11. The van der Waals surface area contributed by atoms with Crippen LogP contribution in [0.1, 0.15) is 41.9 Å². The summed E-state index contributed by atoms with van der Waals surface area (Å²) in [6.45, 7) is 4.01. The van der Waals surface area contributed by atoms with E-state index in [-0.39, 0.29) is 17.2 Å². The minimum atomic E-state index is -0.690. The van der Waals surface area contributed by atoms with Crippen LogP contribution in [0.2, 0.25) is 0 Å². The Morgan fingerprint density at radius 3 is 2.61 bits per heavy atom. The summed E-state index contributed by atoms with van der Waals surface area (Å²) in [5.74, 6) is 0.803. The highest BCUT2D eigenvalue weighted by Crippen LogP contribution is 2.46. The molecule has 0 radical (unpaired) electrons. The van der Waals surface area contributed by atoms with Crippen molar-refractivity contribution in [2.75, 3.05) is 0 Å². The smallest absolute Gasteiger partial charge is 0.224 e. The van der Waals surface area contributed by atoms with E-state index in [0.717, 1.165) is 22.0 Å². The van der Waals surface area contributed by atoms with Crippen molar-refractivity contribution < 1.29 is 14.3 Å². The molecule has 2 aliphatic rings. The van der Waals surface area contributed by atoms with Gasteiger partial charge in [0, 0.05) is 29.4 Å². The van der Waals surface area contributed by atoms with Crippen LogP contribution in [0.3, 0.4) is 0 Å². The number of pyridine rings is 1. The molecule has 164 valence electrons. The fourth-order valence-electron chi connectivity index (χ4n) is 4.47. The standard InChI is InChI=1S/C27H23N3O3/c1-15-6-9-18(10-7-15)32-27-19(13-17-12-16(2)8-11-21(17)30-27)24-20(14-28)26(29)33-23-5-3-4-22(31)25(23)24/h6-13,24H,3-5,29H2,1-2H3. The highest BCUT2D eigenvalue weighted by atomic mass is 16.5. The van der Waals surface area contributed by atoms with Crippen LogP contribution in [0.15, 0.2) is 71.3 Å². The minimum Gasteiger partial charge on any atom is -0.444 e. The largest absolute Gasteiger partial charge is 0.444 e. The molecule has 0 saturated heterocycles. The molecular formula is C27H23N3O3. The molecule has 0 saturated carbocycles.